The topological polar surface area (TPSA) is 85.2 Å². The smallest absolute Gasteiger partial charge is 0.338 e. The van der Waals surface area contributed by atoms with Crippen molar-refractivity contribution in [3.63, 3.8) is 0 Å². The number of rotatable bonds is 5. The summed E-state index contributed by atoms with van der Waals surface area (Å²) in [6.45, 7) is 3.25. The molecular formula is C15H18O6. The maximum Gasteiger partial charge on any atom is 0.338 e. The van der Waals surface area contributed by atoms with E-state index >= 15 is 0 Å². The van der Waals surface area contributed by atoms with Crippen LogP contribution in [0.25, 0.3) is 0 Å². The highest BCUT2D eigenvalue weighted by Crippen LogP contribution is 2.32. The molecule has 0 radical (unpaired) electrons. The van der Waals surface area contributed by atoms with Crippen LogP contribution in [-0.4, -0.2) is 54.0 Å². The number of aliphatic hydroxyl groups excluding tert-OH is 1. The van der Waals surface area contributed by atoms with Crippen molar-refractivity contribution >= 4 is 5.97 Å². The van der Waals surface area contributed by atoms with Gasteiger partial charge in [-0.2, -0.15) is 0 Å². The highest BCUT2D eigenvalue weighted by Gasteiger charge is 2.54. The molecule has 1 saturated heterocycles. The largest absolute Gasteiger partial charge is 0.459 e. The average molecular weight is 294 g/mol. The molecular weight excluding hydrogens is 276 g/mol. The van der Waals surface area contributed by atoms with Gasteiger partial charge < -0.3 is 24.4 Å². The molecule has 1 unspecified atom stereocenters. The van der Waals surface area contributed by atoms with Crippen molar-refractivity contribution in [2.45, 2.75) is 24.1 Å². The summed E-state index contributed by atoms with van der Waals surface area (Å²) in [5.41, 5.74) is -1.35. The van der Waals surface area contributed by atoms with E-state index in [4.69, 9.17) is 14.2 Å². The van der Waals surface area contributed by atoms with Gasteiger partial charge in [-0.3, -0.25) is 0 Å². The van der Waals surface area contributed by atoms with Gasteiger partial charge in [0.1, 0.15) is 24.4 Å². The molecule has 0 saturated carbocycles. The molecule has 1 aromatic carbocycles. The molecule has 6 nitrogen and oxygen atoms in total. The minimum atomic E-state index is -1.74. The zero-order valence-corrected chi connectivity index (χ0v) is 11.6. The van der Waals surface area contributed by atoms with Crippen LogP contribution in [0.5, 0.6) is 0 Å². The number of hydrogen-bond donors (Lipinski definition) is 2. The quantitative estimate of drug-likeness (QED) is 0.607. The molecule has 114 valence electrons. The molecule has 0 amide bonds. The van der Waals surface area contributed by atoms with E-state index in [1.807, 2.05) is 0 Å². The van der Waals surface area contributed by atoms with E-state index in [1.54, 1.807) is 30.3 Å². The Morgan fingerprint density at radius 1 is 1.48 bits per heavy atom. The van der Waals surface area contributed by atoms with Crippen LogP contribution in [0, 0.1) is 0 Å². The van der Waals surface area contributed by atoms with Crippen molar-refractivity contribution in [1.82, 2.24) is 0 Å². The second kappa shape index (κ2) is 6.36. The summed E-state index contributed by atoms with van der Waals surface area (Å²) in [6, 6.07) is 8.45. The summed E-state index contributed by atoms with van der Waals surface area (Å²) in [4.78, 5) is 11.9. The zero-order valence-electron chi connectivity index (χ0n) is 11.6. The van der Waals surface area contributed by atoms with Crippen LogP contribution in [0.3, 0.4) is 0 Å². The van der Waals surface area contributed by atoms with E-state index < -0.39 is 30.1 Å². The van der Waals surface area contributed by atoms with Crippen molar-refractivity contribution in [2.75, 3.05) is 13.7 Å². The molecule has 21 heavy (non-hydrogen) atoms. The van der Waals surface area contributed by atoms with Crippen LogP contribution in [0.15, 0.2) is 43.0 Å². The third-order valence-electron chi connectivity index (χ3n) is 3.48. The molecule has 1 aliphatic rings. The second-order valence-corrected chi connectivity index (χ2v) is 4.73. The Kier molecular flexibility index (Phi) is 4.74. The van der Waals surface area contributed by atoms with Crippen LogP contribution in [-0.2, 0) is 14.2 Å². The minimum Gasteiger partial charge on any atom is -0.459 e. The predicted octanol–water partition coefficient (Wildman–Crippen LogP) is 0.493. The standard InChI is InChI=1S/C15H18O6/c1-3-15(18)11(21-14(19-2)12(15)16)9-20-13(17)10-7-5-4-6-8-10/h3-8,11-12,14,16,18H,1,9H2,2H3/t11-,12+,14?,15-/m1/s1. The van der Waals surface area contributed by atoms with Crippen LogP contribution in [0.1, 0.15) is 10.4 Å². The van der Waals surface area contributed by atoms with Gasteiger partial charge in [-0.1, -0.05) is 24.3 Å². The van der Waals surface area contributed by atoms with E-state index in [-0.39, 0.29) is 6.61 Å². The summed E-state index contributed by atoms with van der Waals surface area (Å²) in [6.07, 6.45) is -2.10. The Labute approximate surface area is 122 Å². The minimum absolute atomic E-state index is 0.229. The van der Waals surface area contributed by atoms with Crippen LogP contribution >= 0.6 is 0 Å². The van der Waals surface area contributed by atoms with Gasteiger partial charge in [0.15, 0.2) is 6.29 Å². The number of carbonyl (C=O) groups is 1. The van der Waals surface area contributed by atoms with E-state index in [0.717, 1.165) is 6.08 Å². The lowest BCUT2D eigenvalue weighted by Crippen LogP contribution is -2.48. The molecule has 6 heteroatoms. The third-order valence-corrected chi connectivity index (χ3v) is 3.48. The van der Waals surface area contributed by atoms with E-state index in [1.165, 1.54) is 7.11 Å². The Morgan fingerprint density at radius 3 is 2.71 bits per heavy atom. The first kappa shape index (κ1) is 15.7. The van der Waals surface area contributed by atoms with Crippen molar-refractivity contribution in [3.8, 4) is 0 Å². The van der Waals surface area contributed by atoms with E-state index in [0.29, 0.717) is 5.56 Å². The molecule has 0 aliphatic carbocycles. The fourth-order valence-corrected chi connectivity index (χ4v) is 2.17. The normalized spacial score (nSPS) is 31.9. The zero-order chi connectivity index (χ0) is 15.5. The maximum absolute atomic E-state index is 11.9. The molecule has 1 heterocycles. The number of esters is 1. The van der Waals surface area contributed by atoms with Crippen molar-refractivity contribution in [1.29, 1.82) is 0 Å². The first-order valence-electron chi connectivity index (χ1n) is 6.47. The van der Waals surface area contributed by atoms with Gasteiger partial charge in [0.2, 0.25) is 0 Å². The number of ether oxygens (including phenoxy) is 3. The lowest BCUT2D eigenvalue weighted by molar-refractivity contribution is -0.153. The Balaban J connectivity index is 2.02. The first-order valence-corrected chi connectivity index (χ1v) is 6.47. The number of carbonyl (C=O) groups excluding carboxylic acids is 1. The van der Waals surface area contributed by atoms with E-state index in [9.17, 15) is 15.0 Å². The fourth-order valence-electron chi connectivity index (χ4n) is 2.17. The van der Waals surface area contributed by atoms with Gasteiger partial charge in [-0.05, 0) is 12.1 Å². The molecule has 4 atom stereocenters. The molecule has 1 fully saturated rings. The fraction of sp³-hybridized carbons (Fsp3) is 0.400. The summed E-state index contributed by atoms with van der Waals surface area (Å²) in [5, 5.41) is 20.3. The Bertz CT molecular complexity index is 502. The Morgan fingerprint density at radius 2 is 2.14 bits per heavy atom. The number of benzene rings is 1. The van der Waals surface area contributed by atoms with Crippen molar-refractivity contribution < 1.29 is 29.2 Å². The Hall–Kier alpha value is -1.73. The third kappa shape index (κ3) is 2.98. The average Bonchev–Trinajstić information content (AvgIpc) is 2.78. The van der Waals surface area contributed by atoms with Gasteiger partial charge in [0.05, 0.1) is 5.56 Å². The lowest BCUT2D eigenvalue weighted by Gasteiger charge is -2.26. The van der Waals surface area contributed by atoms with Gasteiger partial charge in [0, 0.05) is 7.11 Å². The van der Waals surface area contributed by atoms with Crippen molar-refractivity contribution in [3.05, 3.63) is 48.6 Å². The highest BCUT2D eigenvalue weighted by atomic mass is 16.7. The molecule has 1 aromatic rings. The summed E-state index contributed by atoms with van der Waals surface area (Å²) >= 11 is 0. The lowest BCUT2D eigenvalue weighted by atomic mass is 9.93. The van der Waals surface area contributed by atoms with Gasteiger partial charge in [-0.15, -0.1) is 6.58 Å². The molecule has 2 rings (SSSR count). The van der Waals surface area contributed by atoms with Crippen LogP contribution in [0.4, 0.5) is 0 Å². The molecule has 2 N–H and O–H groups in total. The highest BCUT2D eigenvalue weighted by molar-refractivity contribution is 5.89. The van der Waals surface area contributed by atoms with E-state index in [2.05, 4.69) is 6.58 Å². The summed E-state index contributed by atoms with van der Waals surface area (Å²) in [7, 11) is 1.34. The van der Waals surface area contributed by atoms with Gasteiger partial charge in [0.25, 0.3) is 0 Å². The molecule has 0 aromatic heterocycles. The summed E-state index contributed by atoms with van der Waals surface area (Å²) < 4.78 is 15.4. The number of methoxy groups -OCH3 is 1. The monoisotopic (exact) mass is 294 g/mol. The number of hydrogen-bond acceptors (Lipinski definition) is 6. The molecule has 1 aliphatic heterocycles. The van der Waals surface area contributed by atoms with Gasteiger partial charge in [-0.25, -0.2) is 4.79 Å². The van der Waals surface area contributed by atoms with Crippen LogP contribution < -0.4 is 0 Å². The first-order chi connectivity index (χ1) is 10.0. The van der Waals surface area contributed by atoms with Gasteiger partial charge >= 0.3 is 5.97 Å². The molecule has 0 bridgehead atoms. The summed E-state index contributed by atoms with van der Waals surface area (Å²) in [5.74, 6) is -0.541. The van der Waals surface area contributed by atoms with Crippen molar-refractivity contribution in [2.24, 2.45) is 0 Å². The molecule has 0 spiro atoms. The van der Waals surface area contributed by atoms with Crippen LogP contribution in [0.2, 0.25) is 0 Å². The predicted molar refractivity (Wildman–Crippen MR) is 73.5 cm³/mol. The SMILES string of the molecule is C=C[C@@]1(O)[C@@H](COC(=O)c2ccccc2)OC(OC)[C@@H]1O. The maximum atomic E-state index is 11.9. The number of aliphatic hydroxyl groups is 2. The second-order valence-electron chi connectivity index (χ2n) is 4.73.